The van der Waals surface area contributed by atoms with Gasteiger partial charge in [-0.1, -0.05) is 24.3 Å². The van der Waals surface area contributed by atoms with E-state index in [4.69, 9.17) is 13.9 Å². The Balaban J connectivity index is 1.05. The maximum Gasteiger partial charge on any atom is 0.308 e. The van der Waals surface area contributed by atoms with Crippen molar-refractivity contribution in [3.8, 4) is 5.75 Å². The van der Waals surface area contributed by atoms with Gasteiger partial charge in [-0.05, 0) is 47.5 Å². The van der Waals surface area contributed by atoms with Crippen molar-refractivity contribution >= 4 is 46.3 Å². The molecule has 2 unspecified atom stereocenters. The van der Waals surface area contributed by atoms with E-state index < -0.39 is 11.9 Å². The van der Waals surface area contributed by atoms with Crippen molar-refractivity contribution in [1.29, 1.82) is 0 Å². The van der Waals surface area contributed by atoms with Crippen LogP contribution in [0.25, 0.3) is 11.1 Å². The molecule has 2 aliphatic heterocycles. The molecule has 0 aliphatic carbocycles. The Bertz CT molecular complexity index is 1680. The SMILES string of the molecule is COc1cccc(Nc2nc3ccc(CC(=O)Nc4ccc(C5CN(C(=O)CN6CCOCC6)CC5C(=O)O)cc4)cc3o2)c1. The first-order valence-electron chi connectivity index (χ1n) is 14.9. The summed E-state index contributed by atoms with van der Waals surface area (Å²) >= 11 is 0. The van der Waals surface area contributed by atoms with Gasteiger partial charge in [-0.3, -0.25) is 19.3 Å². The number of rotatable bonds is 10. The molecule has 12 nitrogen and oxygen atoms in total. The molecule has 2 amide bonds. The van der Waals surface area contributed by atoms with E-state index in [9.17, 15) is 19.5 Å². The van der Waals surface area contributed by atoms with E-state index in [0.29, 0.717) is 61.4 Å². The van der Waals surface area contributed by atoms with E-state index in [-0.39, 0.29) is 37.2 Å². The highest BCUT2D eigenvalue weighted by atomic mass is 16.5. The molecule has 0 spiro atoms. The normalized spacial score (nSPS) is 18.6. The molecule has 2 atom stereocenters. The van der Waals surface area contributed by atoms with Crippen molar-refractivity contribution in [1.82, 2.24) is 14.8 Å². The lowest BCUT2D eigenvalue weighted by Crippen LogP contribution is -2.44. The fourth-order valence-electron chi connectivity index (χ4n) is 5.81. The Morgan fingerprint density at radius 2 is 1.80 bits per heavy atom. The molecule has 2 fully saturated rings. The lowest BCUT2D eigenvalue weighted by atomic mass is 9.89. The Labute approximate surface area is 259 Å². The van der Waals surface area contributed by atoms with E-state index in [2.05, 4.69) is 15.6 Å². The molecule has 0 bridgehead atoms. The fraction of sp³-hybridized carbons (Fsp3) is 0.333. The molecule has 4 aromatic rings. The highest BCUT2D eigenvalue weighted by Gasteiger charge is 2.40. The van der Waals surface area contributed by atoms with Crippen LogP contribution in [0.5, 0.6) is 5.75 Å². The van der Waals surface area contributed by atoms with E-state index in [1.807, 2.05) is 53.4 Å². The summed E-state index contributed by atoms with van der Waals surface area (Å²) in [6.07, 6.45) is 0.126. The zero-order valence-electron chi connectivity index (χ0n) is 24.9. The monoisotopic (exact) mass is 613 g/mol. The van der Waals surface area contributed by atoms with Crippen molar-refractivity contribution in [2.45, 2.75) is 12.3 Å². The van der Waals surface area contributed by atoms with Gasteiger partial charge < -0.3 is 34.5 Å². The fourth-order valence-corrected chi connectivity index (χ4v) is 5.81. The summed E-state index contributed by atoms with van der Waals surface area (Å²) in [6, 6.07) is 20.4. The molecular weight excluding hydrogens is 578 g/mol. The lowest BCUT2D eigenvalue weighted by Gasteiger charge is -2.28. The van der Waals surface area contributed by atoms with Crippen LogP contribution in [0, 0.1) is 5.92 Å². The van der Waals surface area contributed by atoms with Gasteiger partial charge in [0.1, 0.15) is 11.3 Å². The zero-order valence-corrected chi connectivity index (χ0v) is 24.9. The molecule has 1 aromatic heterocycles. The van der Waals surface area contributed by atoms with Crippen molar-refractivity contribution < 1.29 is 33.4 Å². The average Bonchev–Trinajstić information content (AvgIpc) is 3.66. The van der Waals surface area contributed by atoms with Crippen LogP contribution in [-0.2, 0) is 25.5 Å². The van der Waals surface area contributed by atoms with Gasteiger partial charge in [0, 0.05) is 49.5 Å². The number of hydrogen-bond donors (Lipinski definition) is 3. The third-order valence-corrected chi connectivity index (χ3v) is 8.21. The number of morpholine rings is 1. The lowest BCUT2D eigenvalue weighted by molar-refractivity contribution is -0.142. The molecule has 234 valence electrons. The number of methoxy groups -OCH3 is 1. The van der Waals surface area contributed by atoms with Crippen molar-refractivity contribution in [3.63, 3.8) is 0 Å². The third kappa shape index (κ3) is 7.24. The van der Waals surface area contributed by atoms with Crippen LogP contribution in [0.3, 0.4) is 0 Å². The maximum absolute atomic E-state index is 12.9. The molecule has 3 heterocycles. The van der Waals surface area contributed by atoms with Crippen LogP contribution < -0.4 is 15.4 Å². The van der Waals surface area contributed by atoms with E-state index in [1.165, 1.54) is 0 Å². The quantitative estimate of drug-likeness (QED) is 0.242. The van der Waals surface area contributed by atoms with E-state index >= 15 is 0 Å². The minimum Gasteiger partial charge on any atom is -0.497 e. The molecule has 12 heteroatoms. The molecule has 3 N–H and O–H groups in total. The number of nitrogens with zero attached hydrogens (tertiary/aromatic N) is 3. The van der Waals surface area contributed by atoms with Gasteiger partial charge in [0.05, 0.1) is 39.2 Å². The average molecular weight is 614 g/mol. The van der Waals surface area contributed by atoms with Crippen LogP contribution in [-0.4, -0.2) is 90.7 Å². The number of fused-ring (bicyclic) bond motifs is 1. The highest BCUT2D eigenvalue weighted by molar-refractivity contribution is 5.93. The standard InChI is InChI=1S/C33H35N5O7/c1-43-25-4-2-3-24(17-25)35-33-36-28-10-5-21(15-29(28)45-33)16-30(39)34-23-8-6-22(7-9-23)26-18-38(19-27(26)32(41)42)31(40)20-37-11-13-44-14-12-37/h2-10,15,17,26-27H,11-14,16,18-20H2,1H3,(H,34,39)(H,35,36)(H,41,42). The smallest absolute Gasteiger partial charge is 0.308 e. The number of carbonyl (C=O) groups excluding carboxylic acids is 2. The maximum atomic E-state index is 12.9. The predicted octanol–water partition coefficient (Wildman–Crippen LogP) is 3.72. The molecule has 45 heavy (non-hydrogen) atoms. The van der Waals surface area contributed by atoms with E-state index in [1.54, 1.807) is 30.2 Å². The molecular formula is C33H35N5O7. The van der Waals surface area contributed by atoms with Gasteiger partial charge in [0.25, 0.3) is 6.01 Å². The van der Waals surface area contributed by atoms with Gasteiger partial charge in [0.15, 0.2) is 5.58 Å². The van der Waals surface area contributed by atoms with Crippen LogP contribution in [0.2, 0.25) is 0 Å². The summed E-state index contributed by atoms with van der Waals surface area (Å²) in [6.45, 7) is 3.35. The Morgan fingerprint density at radius 3 is 2.56 bits per heavy atom. The van der Waals surface area contributed by atoms with Gasteiger partial charge in [-0.25, -0.2) is 0 Å². The minimum atomic E-state index is -0.925. The number of ether oxygens (including phenoxy) is 2. The number of carboxylic acids is 1. The molecule has 2 saturated heterocycles. The number of benzene rings is 3. The van der Waals surface area contributed by atoms with Gasteiger partial charge in [0.2, 0.25) is 11.8 Å². The number of likely N-dealkylation sites (tertiary alicyclic amines) is 1. The summed E-state index contributed by atoms with van der Waals surface area (Å²) in [4.78, 5) is 46.0. The van der Waals surface area contributed by atoms with Crippen LogP contribution >= 0.6 is 0 Å². The number of carbonyl (C=O) groups is 3. The number of carboxylic acid groups (broad SMARTS) is 1. The number of aliphatic carboxylic acids is 1. The van der Waals surface area contributed by atoms with Gasteiger partial charge in [-0.15, -0.1) is 0 Å². The topological polar surface area (TPSA) is 146 Å². The first-order chi connectivity index (χ1) is 21.8. The van der Waals surface area contributed by atoms with Crippen LogP contribution in [0.15, 0.2) is 71.1 Å². The second-order valence-corrected chi connectivity index (χ2v) is 11.3. The Morgan fingerprint density at radius 1 is 1.00 bits per heavy atom. The van der Waals surface area contributed by atoms with Crippen molar-refractivity contribution in [2.75, 3.05) is 63.7 Å². The second kappa shape index (κ2) is 13.4. The van der Waals surface area contributed by atoms with Gasteiger partial charge >= 0.3 is 5.97 Å². The van der Waals surface area contributed by atoms with Gasteiger partial charge in [-0.2, -0.15) is 4.98 Å². The van der Waals surface area contributed by atoms with Crippen LogP contribution in [0.4, 0.5) is 17.4 Å². The first-order valence-corrected chi connectivity index (χ1v) is 14.9. The number of aromatic nitrogens is 1. The number of anilines is 3. The summed E-state index contributed by atoms with van der Waals surface area (Å²) in [7, 11) is 1.60. The molecule has 3 aromatic carbocycles. The summed E-state index contributed by atoms with van der Waals surface area (Å²) in [5.41, 5.74) is 4.16. The molecule has 0 radical (unpaired) electrons. The van der Waals surface area contributed by atoms with Crippen LogP contribution in [0.1, 0.15) is 17.0 Å². The molecule has 6 rings (SSSR count). The van der Waals surface area contributed by atoms with E-state index in [0.717, 1.165) is 16.8 Å². The third-order valence-electron chi connectivity index (χ3n) is 8.21. The predicted molar refractivity (Wildman–Crippen MR) is 167 cm³/mol. The summed E-state index contributed by atoms with van der Waals surface area (Å²) < 4.78 is 16.5. The second-order valence-electron chi connectivity index (χ2n) is 11.3. The molecule has 0 saturated carbocycles. The largest absolute Gasteiger partial charge is 0.497 e. The Hall–Kier alpha value is -4.94. The number of hydrogen-bond acceptors (Lipinski definition) is 9. The van der Waals surface area contributed by atoms with Crippen molar-refractivity contribution in [3.05, 3.63) is 77.9 Å². The summed E-state index contributed by atoms with van der Waals surface area (Å²) in [5.74, 6) is -1.52. The number of oxazole rings is 1. The van der Waals surface area contributed by atoms with Crippen molar-refractivity contribution in [2.24, 2.45) is 5.92 Å². The number of amides is 2. The number of nitrogens with one attached hydrogen (secondary N) is 2. The molecule has 2 aliphatic rings. The first kappa shape index (κ1) is 30.1. The highest BCUT2D eigenvalue weighted by Crippen LogP contribution is 2.34. The Kier molecular flexibility index (Phi) is 8.94. The summed E-state index contributed by atoms with van der Waals surface area (Å²) in [5, 5.41) is 15.9. The zero-order chi connectivity index (χ0) is 31.3. The minimum absolute atomic E-state index is 0.0672.